The van der Waals surface area contributed by atoms with Crippen LogP contribution in [0.2, 0.25) is 0 Å². The fourth-order valence-electron chi connectivity index (χ4n) is 0.896. The molecule has 0 amide bonds. The van der Waals surface area contributed by atoms with Crippen molar-refractivity contribution in [1.82, 2.24) is 0 Å². The summed E-state index contributed by atoms with van der Waals surface area (Å²) in [6, 6.07) is 8.03. The molecule has 0 aliphatic carbocycles. The lowest BCUT2D eigenvalue weighted by Gasteiger charge is -2.04. The van der Waals surface area contributed by atoms with Crippen molar-refractivity contribution >= 4 is 33.6 Å². The van der Waals surface area contributed by atoms with Crippen LogP contribution in [0.3, 0.4) is 0 Å². The summed E-state index contributed by atoms with van der Waals surface area (Å²) in [6.45, 7) is 2.46. The molecule has 0 atom stereocenters. The zero-order chi connectivity index (χ0) is 10.4. The van der Waals surface area contributed by atoms with Crippen molar-refractivity contribution in [3.8, 4) is 0 Å². The van der Waals surface area contributed by atoms with E-state index in [0.29, 0.717) is 18.3 Å². The number of halogens is 1. The first-order chi connectivity index (χ1) is 6.72. The lowest BCUT2D eigenvalue weighted by molar-refractivity contribution is 0.322. The summed E-state index contributed by atoms with van der Waals surface area (Å²) in [4.78, 5) is 1.15. The molecule has 0 unspecified atom stereocenters. The maximum Gasteiger partial charge on any atom is 0.190 e. The average molecular weight is 274 g/mol. The molecule has 14 heavy (non-hydrogen) atoms. The molecule has 1 rings (SSSR count). The van der Waals surface area contributed by atoms with E-state index in [-0.39, 0.29) is 0 Å². The molecular weight excluding hydrogens is 262 g/mol. The molecule has 0 fully saturated rings. The van der Waals surface area contributed by atoms with Crippen LogP contribution < -0.4 is 0 Å². The van der Waals surface area contributed by atoms with Gasteiger partial charge in [-0.05, 0) is 31.2 Å². The summed E-state index contributed by atoms with van der Waals surface area (Å²) >= 11 is 4.98. The van der Waals surface area contributed by atoms with Crippen molar-refractivity contribution in [2.45, 2.75) is 11.8 Å². The Bertz CT molecular complexity index is 299. The molecule has 0 bridgehead atoms. The fraction of sp³-hybridized carbons (Fsp3) is 0.300. The molecule has 0 aromatic heterocycles. The minimum atomic E-state index is 0.334. The van der Waals surface area contributed by atoms with Crippen LogP contribution in [-0.2, 0) is 4.74 Å². The first kappa shape index (κ1) is 11.6. The first-order valence-corrected chi connectivity index (χ1v) is 6.09. The van der Waals surface area contributed by atoms with Crippen LogP contribution in [0.15, 0.2) is 33.6 Å². The summed E-state index contributed by atoms with van der Waals surface area (Å²) in [5.41, 5.74) is 0. The highest BCUT2D eigenvalue weighted by molar-refractivity contribution is 9.10. The molecule has 0 saturated heterocycles. The Morgan fingerprint density at radius 2 is 2.07 bits per heavy atom. The van der Waals surface area contributed by atoms with Crippen molar-refractivity contribution < 1.29 is 4.74 Å². The lowest BCUT2D eigenvalue weighted by Crippen LogP contribution is -2.05. The van der Waals surface area contributed by atoms with E-state index in [1.165, 1.54) is 0 Å². The van der Waals surface area contributed by atoms with E-state index in [1.54, 1.807) is 11.8 Å². The van der Waals surface area contributed by atoms with E-state index < -0.39 is 0 Å². The Morgan fingerprint density at radius 3 is 2.64 bits per heavy atom. The van der Waals surface area contributed by atoms with Crippen molar-refractivity contribution in [3.05, 3.63) is 28.7 Å². The molecule has 1 N–H and O–H groups in total. The standard InChI is InChI=1S/C10H12BrNOS/c1-2-13-10(12)7-14-9-5-3-8(11)4-6-9/h3-6,12H,2,7H2,1H3. The summed E-state index contributed by atoms with van der Waals surface area (Å²) in [5.74, 6) is 0.926. The molecule has 1 aromatic carbocycles. The van der Waals surface area contributed by atoms with E-state index in [2.05, 4.69) is 15.9 Å². The monoisotopic (exact) mass is 273 g/mol. The van der Waals surface area contributed by atoms with Crippen LogP contribution in [0.4, 0.5) is 0 Å². The van der Waals surface area contributed by atoms with Crippen molar-refractivity contribution in [3.63, 3.8) is 0 Å². The molecule has 0 spiro atoms. The fourth-order valence-corrected chi connectivity index (χ4v) is 1.87. The van der Waals surface area contributed by atoms with Gasteiger partial charge in [-0.1, -0.05) is 15.9 Å². The second kappa shape index (κ2) is 6.09. The summed E-state index contributed by atoms with van der Waals surface area (Å²) in [6.07, 6.45) is 0. The SMILES string of the molecule is CCOC(=N)CSc1ccc(Br)cc1. The Morgan fingerprint density at radius 1 is 1.43 bits per heavy atom. The van der Waals surface area contributed by atoms with Gasteiger partial charge in [0, 0.05) is 9.37 Å². The van der Waals surface area contributed by atoms with Gasteiger partial charge in [0.25, 0.3) is 0 Å². The topological polar surface area (TPSA) is 33.1 Å². The molecule has 0 aliphatic rings. The number of ether oxygens (including phenoxy) is 1. The second-order valence-corrected chi connectivity index (χ2v) is 4.56. The summed E-state index contributed by atoms with van der Waals surface area (Å²) in [7, 11) is 0. The third kappa shape index (κ3) is 4.15. The maximum absolute atomic E-state index is 7.43. The molecular formula is C10H12BrNOS. The van der Waals surface area contributed by atoms with Crippen LogP contribution in [0.25, 0.3) is 0 Å². The molecule has 0 radical (unpaired) electrons. The van der Waals surface area contributed by atoms with Crippen LogP contribution in [0, 0.1) is 5.41 Å². The summed E-state index contributed by atoms with van der Waals surface area (Å²) < 4.78 is 6.11. The number of thioether (sulfide) groups is 1. The Balaban J connectivity index is 2.38. The van der Waals surface area contributed by atoms with Gasteiger partial charge in [0.2, 0.25) is 0 Å². The van der Waals surface area contributed by atoms with E-state index in [9.17, 15) is 0 Å². The van der Waals surface area contributed by atoms with Gasteiger partial charge < -0.3 is 4.74 Å². The van der Waals surface area contributed by atoms with Gasteiger partial charge >= 0.3 is 0 Å². The molecule has 76 valence electrons. The van der Waals surface area contributed by atoms with Crippen LogP contribution in [0.5, 0.6) is 0 Å². The van der Waals surface area contributed by atoms with E-state index in [0.717, 1.165) is 9.37 Å². The predicted molar refractivity (Wildman–Crippen MR) is 64.2 cm³/mol. The molecule has 4 heteroatoms. The molecule has 0 heterocycles. The maximum atomic E-state index is 7.43. The van der Waals surface area contributed by atoms with E-state index in [1.807, 2.05) is 31.2 Å². The molecule has 0 aliphatic heterocycles. The third-order valence-electron chi connectivity index (χ3n) is 1.50. The van der Waals surface area contributed by atoms with Crippen LogP contribution in [0.1, 0.15) is 6.92 Å². The highest BCUT2D eigenvalue weighted by atomic mass is 79.9. The van der Waals surface area contributed by atoms with Gasteiger partial charge in [0.1, 0.15) is 0 Å². The average Bonchev–Trinajstić information content (AvgIpc) is 2.17. The molecule has 2 nitrogen and oxygen atoms in total. The largest absolute Gasteiger partial charge is 0.481 e. The highest BCUT2D eigenvalue weighted by Crippen LogP contribution is 2.20. The minimum Gasteiger partial charge on any atom is -0.481 e. The van der Waals surface area contributed by atoms with E-state index >= 15 is 0 Å². The number of hydrogen-bond acceptors (Lipinski definition) is 3. The number of benzene rings is 1. The first-order valence-electron chi connectivity index (χ1n) is 4.31. The Labute approximate surface area is 96.7 Å². The molecule has 0 saturated carbocycles. The molecule has 1 aromatic rings. The van der Waals surface area contributed by atoms with Crippen molar-refractivity contribution in [2.24, 2.45) is 0 Å². The van der Waals surface area contributed by atoms with Gasteiger partial charge in [-0.2, -0.15) is 0 Å². The van der Waals surface area contributed by atoms with Gasteiger partial charge in [-0.3, -0.25) is 5.41 Å². The van der Waals surface area contributed by atoms with Crippen molar-refractivity contribution in [2.75, 3.05) is 12.4 Å². The minimum absolute atomic E-state index is 0.334. The number of nitrogens with one attached hydrogen (secondary N) is 1. The van der Waals surface area contributed by atoms with Crippen LogP contribution >= 0.6 is 27.7 Å². The van der Waals surface area contributed by atoms with Gasteiger partial charge in [0.15, 0.2) is 5.90 Å². The second-order valence-electron chi connectivity index (χ2n) is 2.60. The third-order valence-corrected chi connectivity index (χ3v) is 3.04. The highest BCUT2D eigenvalue weighted by Gasteiger charge is 1.98. The predicted octanol–water partition coefficient (Wildman–Crippen LogP) is 3.55. The normalized spacial score (nSPS) is 9.86. The number of hydrogen-bond donors (Lipinski definition) is 1. The van der Waals surface area contributed by atoms with Gasteiger partial charge in [-0.25, -0.2) is 0 Å². The lowest BCUT2D eigenvalue weighted by atomic mass is 10.4. The number of rotatable bonds is 4. The Kier molecular flexibility index (Phi) is 5.04. The van der Waals surface area contributed by atoms with Crippen LogP contribution in [-0.4, -0.2) is 18.3 Å². The quantitative estimate of drug-likeness (QED) is 0.517. The smallest absolute Gasteiger partial charge is 0.190 e. The van der Waals surface area contributed by atoms with Crippen molar-refractivity contribution in [1.29, 1.82) is 5.41 Å². The zero-order valence-electron chi connectivity index (χ0n) is 7.92. The van der Waals surface area contributed by atoms with Gasteiger partial charge in [-0.15, -0.1) is 11.8 Å². The Hall–Kier alpha value is -0.480. The van der Waals surface area contributed by atoms with E-state index in [4.69, 9.17) is 10.1 Å². The van der Waals surface area contributed by atoms with Gasteiger partial charge in [0.05, 0.1) is 12.4 Å². The zero-order valence-corrected chi connectivity index (χ0v) is 10.3. The summed E-state index contributed by atoms with van der Waals surface area (Å²) in [5, 5.41) is 7.43.